The molecule has 0 radical (unpaired) electrons. The van der Waals surface area contributed by atoms with E-state index in [0.717, 1.165) is 5.56 Å². The van der Waals surface area contributed by atoms with Crippen molar-refractivity contribution in [2.75, 3.05) is 6.54 Å². The highest BCUT2D eigenvalue weighted by molar-refractivity contribution is 7.89. The Labute approximate surface area is 148 Å². The number of carbonyl (C=O) groups is 1. The average molecular weight is 361 g/mol. The number of nitrogens with one attached hydrogen (secondary N) is 1. The lowest BCUT2D eigenvalue weighted by atomic mass is 9.84. The van der Waals surface area contributed by atoms with Gasteiger partial charge in [-0.1, -0.05) is 45.0 Å². The Kier molecular flexibility index (Phi) is 5.34. The number of hydrogen-bond acceptors (Lipinski definition) is 4. The SMILES string of the molecule is Cc1cc(C(C)(C)C)cc(C(=O)CNS(=O)(=O)c2ccccc2)c1O. The van der Waals surface area contributed by atoms with E-state index in [1.54, 1.807) is 31.2 Å². The molecule has 0 aromatic heterocycles. The Balaban J connectivity index is 2.26. The molecule has 0 fully saturated rings. The number of ketones is 1. The molecule has 0 atom stereocenters. The van der Waals surface area contributed by atoms with Gasteiger partial charge in [0, 0.05) is 0 Å². The van der Waals surface area contributed by atoms with Crippen LogP contribution in [0.1, 0.15) is 42.3 Å². The topological polar surface area (TPSA) is 83.5 Å². The summed E-state index contributed by atoms with van der Waals surface area (Å²) < 4.78 is 26.7. The number of rotatable bonds is 5. The number of sulfonamides is 1. The van der Waals surface area contributed by atoms with Crippen molar-refractivity contribution >= 4 is 15.8 Å². The molecule has 0 amide bonds. The van der Waals surface area contributed by atoms with E-state index in [4.69, 9.17) is 0 Å². The number of phenolic OH excluding ortho intramolecular Hbond substituents is 1. The lowest BCUT2D eigenvalue weighted by molar-refractivity contribution is 0.0994. The van der Waals surface area contributed by atoms with Gasteiger partial charge < -0.3 is 5.11 Å². The van der Waals surface area contributed by atoms with E-state index in [-0.39, 0.29) is 21.6 Å². The smallest absolute Gasteiger partial charge is 0.240 e. The third-order valence-corrected chi connectivity index (χ3v) is 5.36. The standard InChI is InChI=1S/C19H23NO4S/c1-13-10-14(19(2,3)4)11-16(18(13)22)17(21)12-20-25(23,24)15-8-6-5-7-9-15/h5-11,20,22H,12H2,1-4H3. The minimum atomic E-state index is -3.78. The molecule has 2 N–H and O–H groups in total. The van der Waals surface area contributed by atoms with Crippen LogP contribution in [0, 0.1) is 6.92 Å². The van der Waals surface area contributed by atoms with Crippen molar-refractivity contribution in [1.82, 2.24) is 4.72 Å². The third kappa shape index (κ3) is 4.46. The second-order valence-corrected chi connectivity index (χ2v) is 8.77. The van der Waals surface area contributed by atoms with Crippen LogP contribution in [0.3, 0.4) is 0 Å². The molecular weight excluding hydrogens is 338 g/mol. The van der Waals surface area contributed by atoms with Crippen LogP contribution in [0.5, 0.6) is 5.75 Å². The van der Waals surface area contributed by atoms with Crippen molar-refractivity contribution < 1.29 is 18.3 Å². The van der Waals surface area contributed by atoms with E-state index in [9.17, 15) is 18.3 Å². The minimum absolute atomic E-state index is 0.0895. The number of carbonyl (C=O) groups excluding carboxylic acids is 1. The molecule has 0 aliphatic heterocycles. The van der Waals surface area contributed by atoms with E-state index in [0.29, 0.717) is 5.56 Å². The number of hydrogen-bond donors (Lipinski definition) is 2. The van der Waals surface area contributed by atoms with Crippen LogP contribution in [0.4, 0.5) is 0 Å². The predicted molar refractivity (Wildman–Crippen MR) is 97.5 cm³/mol. The molecular formula is C19H23NO4S. The van der Waals surface area contributed by atoms with Crippen LogP contribution < -0.4 is 4.72 Å². The zero-order chi connectivity index (χ0) is 18.8. The van der Waals surface area contributed by atoms with E-state index in [1.165, 1.54) is 12.1 Å². The van der Waals surface area contributed by atoms with Crippen LogP contribution in [-0.2, 0) is 15.4 Å². The first-order valence-electron chi connectivity index (χ1n) is 7.94. The Morgan fingerprint density at radius 2 is 1.72 bits per heavy atom. The van der Waals surface area contributed by atoms with Gasteiger partial charge >= 0.3 is 0 Å². The highest BCUT2D eigenvalue weighted by Crippen LogP contribution is 2.30. The summed E-state index contributed by atoms with van der Waals surface area (Å²) in [5.41, 5.74) is 1.41. The molecule has 0 heterocycles. The molecule has 25 heavy (non-hydrogen) atoms. The summed E-state index contributed by atoms with van der Waals surface area (Å²) in [5, 5.41) is 10.2. The summed E-state index contributed by atoms with van der Waals surface area (Å²) in [6.07, 6.45) is 0. The maximum Gasteiger partial charge on any atom is 0.240 e. The van der Waals surface area contributed by atoms with Crippen LogP contribution in [0.15, 0.2) is 47.4 Å². The molecule has 0 saturated heterocycles. The minimum Gasteiger partial charge on any atom is -0.507 e. The van der Waals surface area contributed by atoms with Gasteiger partial charge in [-0.2, -0.15) is 0 Å². The average Bonchev–Trinajstić information content (AvgIpc) is 2.55. The van der Waals surface area contributed by atoms with E-state index in [2.05, 4.69) is 4.72 Å². The Morgan fingerprint density at radius 1 is 1.12 bits per heavy atom. The molecule has 0 aliphatic carbocycles. The number of benzene rings is 2. The lowest BCUT2D eigenvalue weighted by Crippen LogP contribution is -2.30. The predicted octanol–water partition coefficient (Wildman–Crippen LogP) is 3.16. The number of phenols is 1. The van der Waals surface area contributed by atoms with Crippen molar-refractivity contribution in [2.45, 2.75) is 38.0 Å². The summed E-state index contributed by atoms with van der Waals surface area (Å²) >= 11 is 0. The van der Waals surface area contributed by atoms with Crippen molar-refractivity contribution in [3.8, 4) is 5.75 Å². The van der Waals surface area contributed by atoms with Crippen LogP contribution in [-0.4, -0.2) is 25.9 Å². The first kappa shape index (κ1) is 19.1. The third-order valence-electron chi connectivity index (χ3n) is 3.94. The van der Waals surface area contributed by atoms with Crippen molar-refractivity contribution in [3.05, 3.63) is 59.2 Å². The number of aryl methyl sites for hydroxylation is 1. The maximum absolute atomic E-state index is 12.5. The molecule has 0 saturated carbocycles. The van der Waals surface area contributed by atoms with Gasteiger partial charge in [0.25, 0.3) is 0 Å². The van der Waals surface area contributed by atoms with Gasteiger partial charge in [0.05, 0.1) is 17.0 Å². The fraction of sp³-hybridized carbons (Fsp3) is 0.316. The first-order chi connectivity index (χ1) is 11.5. The van der Waals surface area contributed by atoms with Gasteiger partial charge in [0.2, 0.25) is 10.0 Å². The zero-order valence-electron chi connectivity index (χ0n) is 14.8. The summed E-state index contributed by atoms with van der Waals surface area (Å²) in [6, 6.07) is 11.3. The fourth-order valence-corrected chi connectivity index (χ4v) is 3.37. The number of Topliss-reactive ketones (excluding diaryl/α,β-unsaturated/α-hetero) is 1. The van der Waals surface area contributed by atoms with Crippen LogP contribution in [0.25, 0.3) is 0 Å². The van der Waals surface area contributed by atoms with E-state index >= 15 is 0 Å². The summed E-state index contributed by atoms with van der Waals surface area (Å²) in [6.45, 7) is 7.31. The van der Waals surface area contributed by atoms with Gasteiger partial charge in [-0.05, 0) is 41.7 Å². The summed E-state index contributed by atoms with van der Waals surface area (Å²) in [5.74, 6) is -0.594. The number of aromatic hydroxyl groups is 1. The summed E-state index contributed by atoms with van der Waals surface area (Å²) in [4.78, 5) is 12.6. The quantitative estimate of drug-likeness (QED) is 0.801. The highest BCUT2D eigenvalue weighted by atomic mass is 32.2. The van der Waals surface area contributed by atoms with E-state index in [1.807, 2.05) is 26.8 Å². The Bertz CT molecular complexity index is 882. The highest BCUT2D eigenvalue weighted by Gasteiger charge is 2.22. The van der Waals surface area contributed by atoms with Crippen LogP contribution >= 0.6 is 0 Å². The van der Waals surface area contributed by atoms with Gasteiger partial charge in [-0.15, -0.1) is 0 Å². The molecule has 5 nitrogen and oxygen atoms in total. The second kappa shape index (κ2) is 6.98. The normalized spacial score (nSPS) is 12.2. The van der Waals surface area contributed by atoms with Crippen molar-refractivity contribution in [2.24, 2.45) is 0 Å². The van der Waals surface area contributed by atoms with Gasteiger partial charge in [-0.3, -0.25) is 4.79 Å². The van der Waals surface area contributed by atoms with Crippen molar-refractivity contribution in [3.63, 3.8) is 0 Å². The van der Waals surface area contributed by atoms with Crippen LogP contribution in [0.2, 0.25) is 0 Å². The monoisotopic (exact) mass is 361 g/mol. The maximum atomic E-state index is 12.5. The van der Waals surface area contributed by atoms with Crippen molar-refractivity contribution in [1.29, 1.82) is 0 Å². The largest absolute Gasteiger partial charge is 0.507 e. The molecule has 2 rings (SSSR count). The van der Waals surface area contributed by atoms with Gasteiger partial charge in [-0.25, -0.2) is 13.1 Å². The molecule has 2 aromatic carbocycles. The Morgan fingerprint density at radius 3 is 2.28 bits per heavy atom. The lowest BCUT2D eigenvalue weighted by Gasteiger charge is -2.21. The first-order valence-corrected chi connectivity index (χ1v) is 9.42. The second-order valence-electron chi connectivity index (χ2n) is 7.00. The summed E-state index contributed by atoms with van der Waals surface area (Å²) in [7, 11) is -3.78. The molecule has 0 unspecified atom stereocenters. The fourth-order valence-electron chi connectivity index (χ4n) is 2.36. The van der Waals surface area contributed by atoms with Gasteiger partial charge in [0.1, 0.15) is 5.75 Å². The Hall–Kier alpha value is -2.18. The van der Waals surface area contributed by atoms with E-state index < -0.39 is 22.4 Å². The van der Waals surface area contributed by atoms with Gasteiger partial charge in [0.15, 0.2) is 5.78 Å². The molecule has 0 aliphatic rings. The zero-order valence-corrected chi connectivity index (χ0v) is 15.6. The molecule has 6 heteroatoms. The molecule has 0 spiro atoms. The molecule has 134 valence electrons. The molecule has 0 bridgehead atoms. The molecule has 2 aromatic rings.